The van der Waals surface area contributed by atoms with Crippen molar-refractivity contribution in [2.24, 2.45) is 0 Å². The molecule has 0 aliphatic rings. The van der Waals surface area contributed by atoms with E-state index in [2.05, 4.69) is 351 Å². The third-order valence-corrected chi connectivity index (χ3v) is 14.5. The zero-order chi connectivity index (χ0) is 53.0. The maximum absolute atomic E-state index is 2.36. The number of benzene rings is 12. The van der Waals surface area contributed by atoms with E-state index in [1.807, 2.05) is 0 Å². The minimum atomic E-state index is 1.05. The quantitative estimate of drug-likeness (QED) is 0.0925. The standard InChI is InChI=1S/C78H57N/c1-7-25-61(26-8-1)70-37-19-22-40-73(70)76(64-31-13-4-14-32-64)55-58-43-49-67(50-44-58)79(68-51-45-59(46-52-68)56-77(65-33-15-5-16-34-65)74-41-23-20-38-71(74)62-27-9-2-10-28-62)69-53-47-60(48-54-69)57-78(66-35-17-6-18-36-66)75-42-24-21-39-72(75)63-29-11-3-12-30-63/h1-57H. The first-order valence-corrected chi connectivity index (χ1v) is 27.1. The van der Waals surface area contributed by atoms with Crippen molar-refractivity contribution in [2.45, 2.75) is 0 Å². The summed E-state index contributed by atoms with van der Waals surface area (Å²) in [5, 5.41) is 0. The van der Waals surface area contributed by atoms with Crippen molar-refractivity contribution in [2.75, 3.05) is 4.90 Å². The molecular weight excluding hydrogens is 951 g/mol. The molecular formula is C78H57N. The van der Waals surface area contributed by atoms with Crippen LogP contribution in [0.5, 0.6) is 0 Å². The van der Waals surface area contributed by atoms with Gasteiger partial charge in [0.05, 0.1) is 0 Å². The van der Waals surface area contributed by atoms with E-state index in [0.717, 1.165) is 50.4 Å². The Kier molecular flexibility index (Phi) is 14.9. The van der Waals surface area contributed by atoms with Crippen LogP contribution in [0.2, 0.25) is 0 Å². The second-order valence-corrected chi connectivity index (χ2v) is 19.6. The second kappa shape index (κ2) is 23.7. The highest BCUT2D eigenvalue weighted by Crippen LogP contribution is 2.40. The van der Waals surface area contributed by atoms with Gasteiger partial charge in [0, 0.05) is 17.1 Å². The van der Waals surface area contributed by atoms with Crippen molar-refractivity contribution in [1.29, 1.82) is 0 Å². The van der Waals surface area contributed by atoms with Crippen molar-refractivity contribution in [3.05, 3.63) is 378 Å². The predicted octanol–water partition coefficient (Wildman–Crippen LogP) is 20.9. The Morgan fingerprint density at radius 3 is 0.671 bits per heavy atom. The predicted molar refractivity (Wildman–Crippen MR) is 337 cm³/mol. The third kappa shape index (κ3) is 11.3. The Bertz CT molecular complexity index is 3600. The minimum absolute atomic E-state index is 1.05. The maximum Gasteiger partial charge on any atom is 0.0462 e. The molecule has 0 N–H and O–H groups in total. The van der Waals surface area contributed by atoms with Crippen molar-refractivity contribution in [3.63, 3.8) is 0 Å². The van der Waals surface area contributed by atoms with Crippen LogP contribution in [0.15, 0.2) is 328 Å². The van der Waals surface area contributed by atoms with Crippen LogP contribution in [0.3, 0.4) is 0 Å². The molecule has 0 aliphatic carbocycles. The van der Waals surface area contributed by atoms with Gasteiger partial charge in [-0.05, 0) is 155 Å². The van der Waals surface area contributed by atoms with Crippen LogP contribution in [0, 0.1) is 0 Å². The van der Waals surface area contributed by atoms with E-state index in [1.54, 1.807) is 0 Å². The average Bonchev–Trinajstić information content (AvgIpc) is 3.56. The van der Waals surface area contributed by atoms with Gasteiger partial charge in [-0.1, -0.05) is 291 Å². The Morgan fingerprint density at radius 2 is 0.418 bits per heavy atom. The molecule has 0 saturated heterocycles. The molecule has 12 rings (SSSR count). The van der Waals surface area contributed by atoms with Crippen molar-refractivity contribution >= 4 is 52.0 Å². The molecule has 0 fully saturated rings. The van der Waals surface area contributed by atoms with Gasteiger partial charge in [-0.2, -0.15) is 0 Å². The van der Waals surface area contributed by atoms with E-state index in [4.69, 9.17) is 0 Å². The SMILES string of the molecule is C(=C(c1ccccc1)c1ccccc1-c1ccccc1)c1ccc(N(c2ccc(C=C(c3ccccc3)c3ccccc3-c3ccccc3)cc2)c2ccc(C=C(c3ccccc3)c3ccccc3-c3ccccc3)cc2)cc1. The lowest BCUT2D eigenvalue weighted by molar-refractivity contribution is 1.28. The second-order valence-electron chi connectivity index (χ2n) is 19.6. The van der Waals surface area contributed by atoms with Crippen LogP contribution in [-0.4, -0.2) is 0 Å². The summed E-state index contributed by atoms with van der Waals surface area (Å²) < 4.78 is 0. The molecule has 0 saturated carbocycles. The van der Waals surface area contributed by atoms with Crippen LogP contribution < -0.4 is 4.90 Å². The lowest BCUT2D eigenvalue weighted by atomic mass is 9.89. The van der Waals surface area contributed by atoms with E-state index in [9.17, 15) is 0 Å². The molecule has 0 bridgehead atoms. The molecule has 374 valence electrons. The minimum Gasteiger partial charge on any atom is -0.311 e. The highest BCUT2D eigenvalue weighted by Gasteiger charge is 2.18. The summed E-state index contributed by atoms with van der Waals surface area (Å²) in [5.74, 6) is 0. The van der Waals surface area contributed by atoms with Gasteiger partial charge in [-0.15, -0.1) is 0 Å². The van der Waals surface area contributed by atoms with Gasteiger partial charge < -0.3 is 4.90 Å². The highest BCUT2D eigenvalue weighted by atomic mass is 15.1. The third-order valence-electron chi connectivity index (χ3n) is 14.5. The highest BCUT2D eigenvalue weighted by molar-refractivity contribution is 5.99. The fourth-order valence-electron chi connectivity index (χ4n) is 10.7. The van der Waals surface area contributed by atoms with Gasteiger partial charge in [0.1, 0.15) is 0 Å². The van der Waals surface area contributed by atoms with Crippen LogP contribution in [0.25, 0.3) is 68.3 Å². The van der Waals surface area contributed by atoms with Gasteiger partial charge >= 0.3 is 0 Å². The normalized spacial score (nSPS) is 11.8. The molecule has 0 atom stereocenters. The van der Waals surface area contributed by atoms with Crippen molar-refractivity contribution in [3.8, 4) is 33.4 Å². The van der Waals surface area contributed by atoms with Gasteiger partial charge in [0.15, 0.2) is 0 Å². The zero-order valence-corrected chi connectivity index (χ0v) is 43.9. The Balaban J connectivity index is 0.957. The molecule has 0 heterocycles. The summed E-state index contributed by atoms with van der Waals surface area (Å²) in [5.41, 5.74) is 24.2. The first-order valence-electron chi connectivity index (χ1n) is 27.1. The number of rotatable bonds is 15. The summed E-state index contributed by atoms with van der Waals surface area (Å²) in [6.45, 7) is 0. The Labute approximate surface area is 465 Å². The van der Waals surface area contributed by atoms with Crippen LogP contribution >= 0.6 is 0 Å². The molecule has 1 heteroatoms. The molecule has 79 heavy (non-hydrogen) atoms. The first-order chi connectivity index (χ1) is 39.2. The van der Waals surface area contributed by atoms with E-state index in [1.165, 1.54) is 66.8 Å². The number of hydrogen-bond donors (Lipinski definition) is 0. The molecule has 12 aromatic carbocycles. The van der Waals surface area contributed by atoms with Crippen molar-refractivity contribution in [1.82, 2.24) is 0 Å². The Hall–Kier alpha value is -10.3. The summed E-state index contributed by atoms with van der Waals surface area (Å²) in [6.07, 6.45) is 6.98. The molecule has 0 aromatic heterocycles. The van der Waals surface area contributed by atoms with Crippen LogP contribution in [0.1, 0.15) is 50.1 Å². The number of anilines is 3. The fraction of sp³-hybridized carbons (Fsp3) is 0. The smallest absolute Gasteiger partial charge is 0.0462 e. The summed E-state index contributed by atoms with van der Waals surface area (Å²) >= 11 is 0. The first kappa shape index (κ1) is 49.5. The van der Waals surface area contributed by atoms with Gasteiger partial charge in [-0.25, -0.2) is 0 Å². The van der Waals surface area contributed by atoms with Gasteiger partial charge in [0.25, 0.3) is 0 Å². The molecule has 0 radical (unpaired) electrons. The van der Waals surface area contributed by atoms with Crippen LogP contribution in [-0.2, 0) is 0 Å². The zero-order valence-electron chi connectivity index (χ0n) is 43.9. The largest absolute Gasteiger partial charge is 0.311 e. The molecule has 0 unspecified atom stereocenters. The maximum atomic E-state index is 2.36. The van der Waals surface area contributed by atoms with Gasteiger partial charge in [0.2, 0.25) is 0 Å². The number of hydrogen-bond acceptors (Lipinski definition) is 1. The molecule has 12 aromatic rings. The molecule has 0 aliphatic heterocycles. The lowest BCUT2D eigenvalue weighted by Crippen LogP contribution is -2.10. The fourth-order valence-corrected chi connectivity index (χ4v) is 10.7. The summed E-state index contributed by atoms with van der Waals surface area (Å²) in [6, 6.07) is 117. The monoisotopic (exact) mass is 1010 g/mol. The topological polar surface area (TPSA) is 3.24 Å². The van der Waals surface area contributed by atoms with Crippen molar-refractivity contribution < 1.29 is 0 Å². The van der Waals surface area contributed by atoms with Crippen LogP contribution in [0.4, 0.5) is 17.1 Å². The molecule has 0 spiro atoms. The molecule has 0 amide bonds. The van der Waals surface area contributed by atoms with E-state index in [0.29, 0.717) is 0 Å². The van der Waals surface area contributed by atoms with E-state index < -0.39 is 0 Å². The van der Waals surface area contributed by atoms with E-state index >= 15 is 0 Å². The Morgan fingerprint density at radius 1 is 0.203 bits per heavy atom. The average molecular weight is 1010 g/mol. The van der Waals surface area contributed by atoms with Gasteiger partial charge in [-0.3, -0.25) is 0 Å². The molecule has 1 nitrogen and oxygen atoms in total. The lowest BCUT2D eigenvalue weighted by Gasteiger charge is -2.26. The van der Waals surface area contributed by atoms with E-state index in [-0.39, 0.29) is 0 Å². The summed E-state index contributed by atoms with van der Waals surface area (Å²) in [7, 11) is 0. The number of nitrogens with zero attached hydrogens (tertiary/aromatic N) is 1. The summed E-state index contributed by atoms with van der Waals surface area (Å²) in [4.78, 5) is 2.36.